The zero-order chi connectivity index (χ0) is 10.8. The fourth-order valence-corrected chi connectivity index (χ4v) is 1.65. The summed E-state index contributed by atoms with van der Waals surface area (Å²) in [5.41, 5.74) is 5.81. The van der Waals surface area contributed by atoms with Gasteiger partial charge in [-0.3, -0.25) is 0 Å². The normalized spacial score (nSPS) is 23.8. The van der Waals surface area contributed by atoms with Crippen LogP contribution in [0.4, 0.5) is 0 Å². The molecule has 1 rings (SSSR count). The van der Waals surface area contributed by atoms with Gasteiger partial charge in [-0.25, -0.2) is 0 Å². The van der Waals surface area contributed by atoms with E-state index in [0.29, 0.717) is 6.04 Å². The Morgan fingerprint density at radius 3 is 2.29 bits per heavy atom. The number of rotatable bonds is 2. The minimum atomic E-state index is -0.239. The highest BCUT2D eigenvalue weighted by Gasteiger charge is 2.26. The Bertz CT molecular complexity index is 169. The average molecular weight is 200 g/mol. The van der Waals surface area contributed by atoms with Crippen LogP contribution in [0, 0.1) is 5.41 Å². The minimum absolute atomic E-state index is 0.0143. The third-order valence-electron chi connectivity index (χ3n) is 3.06. The van der Waals surface area contributed by atoms with Crippen LogP contribution in [0.15, 0.2) is 0 Å². The van der Waals surface area contributed by atoms with Crippen molar-refractivity contribution < 1.29 is 5.11 Å². The highest BCUT2D eigenvalue weighted by atomic mass is 16.3. The number of β-amino-alcohol motifs (C(OH)–C–C–N with tert-alkyl or cyclic N) is 1. The standard InChI is InChI=1S/C11H24N2O/c1-11(2,3)10(14)8-13-6-4-9(12)5-7-13/h9-10,14H,4-8,12H2,1-3H3. The molecule has 14 heavy (non-hydrogen) atoms. The monoisotopic (exact) mass is 200 g/mol. The first kappa shape index (κ1) is 12.0. The Balaban J connectivity index is 2.31. The number of likely N-dealkylation sites (tertiary alicyclic amines) is 1. The fraction of sp³-hybridized carbons (Fsp3) is 1.00. The van der Waals surface area contributed by atoms with E-state index in [1.807, 2.05) is 0 Å². The van der Waals surface area contributed by atoms with Gasteiger partial charge in [0.1, 0.15) is 0 Å². The van der Waals surface area contributed by atoms with Crippen LogP contribution < -0.4 is 5.73 Å². The first-order valence-corrected chi connectivity index (χ1v) is 5.55. The average Bonchev–Trinajstić information content (AvgIpc) is 2.07. The molecule has 1 fully saturated rings. The van der Waals surface area contributed by atoms with Crippen molar-refractivity contribution in [2.45, 2.75) is 45.8 Å². The van der Waals surface area contributed by atoms with Crippen LogP contribution in [0.1, 0.15) is 33.6 Å². The third kappa shape index (κ3) is 3.56. The highest BCUT2D eigenvalue weighted by Crippen LogP contribution is 2.21. The molecule has 0 aromatic rings. The summed E-state index contributed by atoms with van der Waals surface area (Å²) in [5, 5.41) is 9.93. The smallest absolute Gasteiger partial charge is 0.0715 e. The van der Waals surface area contributed by atoms with Crippen LogP contribution in [0.3, 0.4) is 0 Å². The molecular formula is C11H24N2O. The van der Waals surface area contributed by atoms with Gasteiger partial charge in [-0.1, -0.05) is 20.8 Å². The molecule has 1 unspecified atom stereocenters. The lowest BCUT2D eigenvalue weighted by molar-refractivity contribution is 0.0221. The molecule has 84 valence electrons. The number of piperidine rings is 1. The minimum Gasteiger partial charge on any atom is -0.391 e. The lowest BCUT2D eigenvalue weighted by Crippen LogP contribution is -2.45. The molecule has 0 aromatic heterocycles. The van der Waals surface area contributed by atoms with Crippen molar-refractivity contribution in [1.82, 2.24) is 4.90 Å². The van der Waals surface area contributed by atoms with Gasteiger partial charge in [0.05, 0.1) is 6.10 Å². The van der Waals surface area contributed by atoms with Crippen LogP contribution in [0.2, 0.25) is 0 Å². The van der Waals surface area contributed by atoms with Crippen LogP contribution in [-0.2, 0) is 0 Å². The van der Waals surface area contributed by atoms with Gasteiger partial charge < -0.3 is 15.7 Å². The third-order valence-corrected chi connectivity index (χ3v) is 3.06. The summed E-state index contributed by atoms with van der Waals surface area (Å²) in [6.07, 6.45) is 1.89. The molecular weight excluding hydrogens is 176 g/mol. The first-order chi connectivity index (χ1) is 6.39. The number of hydrogen-bond acceptors (Lipinski definition) is 3. The van der Waals surface area contributed by atoms with Crippen molar-refractivity contribution in [2.75, 3.05) is 19.6 Å². The van der Waals surface area contributed by atoms with E-state index in [2.05, 4.69) is 25.7 Å². The number of aliphatic hydroxyl groups is 1. The number of nitrogens with zero attached hydrogens (tertiary/aromatic N) is 1. The van der Waals surface area contributed by atoms with Crippen LogP contribution in [0.25, 0.3) is 0 Å². The Morgan fingerprint density at radius 2 is 1.86 bits per heavy atom. The Labute approximate surface area is 87.3 Å². The fourth-order valence-electron chi connectivity index (χ4n) is 1.65. The highest BCUT2D eigenvalue weighted by molar-refractivity contribution is 4.80. The molecule has 1 aliphatic rings. The Hall–Kier alpha value is -0.120. The maximum atomic E-state index is 9.93. The molecule has 1 atom stereocenters. The second kappa shape index (κ2) is 4.60. The van der Waals surface area contributed by atoms with Gasteiger partial charge >= 0.3 is 0 Å². The summed E-state index contributed by atoms with van der Waals surface area (Å²) in [4.78, 5) is 2.32. The van der Waals surface area contributed by atoms with Gasteiger partial charge in [-0.15, -0.1) is 0 Å². The van der Waals surface area contributed by atoms with E-state index in [1.54, 1.807) is 0 Å². The van der Waals surface area contributed by atoms with Gasteiger partial charge in [0.2, 0.25) is 0 Å². The van der Waals surface area contributed by atoms with Gasteiger partial charge in [0.25, 0.3) is 0 Å². The van der Waals surface area contributed by atoms with Crippen LogP contribution in [-0.4, -0.2) is 41.8 Å². The maximum Gasteiger partial charge on any atom is 0.0715 e. The number of nitrogens with two attached hydrogens (primary N) is 1. The van der Waals surface area contributed by atoms with E-state index in [0.717, 1.165) is 32.5 Å². The molecule has 0 aliphatic carbocycles. The van der Waals surface area contributed by atoms with Gasteiger partial charge in [0, 0.05) is 12.6 Å². The SMILES string of the molecule is CC(C)(C)C(O)CN1CCC(N)CC1. The molecule has 0 aromatic carbocycles. The van der Waals surface area contributed by atoms with Gasteiger partial charge in [0.15, 0.2) is 0 Å². The summed E-state index contributed by atoms with van der Waals surface area (Å²) in [6.45, 7) is 9.09. The van der Waals surface area contributed by atoms with Crippen molar-refractivity contribution in [1.29, 1.82) is 0 Å². The van der Waals surface area contributed by atoms with E-state index in [-0.39, 0.29) is 11.5 Å². The largest absolute Gasteiger partial charge is 0.391 e. The molecule has 3 N–H and O–H groups in total. The lowest BCUT2D eigenvalue weighted by atomic mass is 9.88. The Morgan fingerprint density at radius 1 is 1.36 bits per heavy atom. The summed E-state index contributed by atoms with van der Waals surface area (Å²) in [5.74, 6) is 0. The molecule has 0 amide bonds. The number of aliphatic hydroxyl groups excluding tert-OH is 1. The quantitative estimate of drug-likeness (QED) is 0.694. The zero-order valence-electron chi connectivity index (χ0n) is 9.66. The summed E-state index contributed by atoms with van der Waals surface area (Å²) >= 11 is 0. The van der Waals surface area contributed by atoms with E-state index in [4.69, 9.17) is 5.73 Å². The molecule has 3 heteroatoms. The van der Waals surface area contributed by atoms with Crippen molar-refractivity contribution in [3.8, 4) is 0 Å². The predicted octanol–water partition coefficient (Wildman–Crippen LogP) is 0.816. The molecule has 1 saturated heterocycles. The first-order valence-electron chi connectivity index (χ1n) is 5.55. The lowest BCUT2D eigenvalue weighted by Gasteiger charge is -2.35. The summed E-state index contributed by atoms with van der Waals surface area (Å²) < 4.78 is 0. The van der Waals surface area contributed by atoms with Gasteiger partial charge in [-0.2, -0.15) is 0 Å². The molecule has 0 saturated carbocycles. The molecule has 0 radical (unpaired) electrons. The molecule has 0 bridgehead atoms. The maximum absolute atomic E-state index is 9.93. The number of hydrogen-bond donors (Lipinski definition) is 2. The van der Waals surface area contributed by atoms with Crippen molar-refractivity contribution in [3.63, 3.8) is 0 Å². The molecule has 1 aliphatic heterocycles. The van der Waals surface area contributed by atoms with E-state index in [9.17, 15) is 5.11 Å². The predicted molar refractivity (Wildman–Crippen MR) is 59.1 cm³/mol. The summed E-state index contributed by atoms with van der Waals surface area (Å²) in [7, 11) is 0. The Kier molecular flexibility index (Phi) is 3.93. The van der Waals surface area contributed by atoms with Crippen molar-refractivity contribution >= 4 is 0 Å². The topological polar surface area (TPSA) is 49.5 Å². The van der Waals surface area contributed by atoms with Crippen molar-refractivity contribution in [3.05, 3.63) is 0 Å². The second-order valence-electron chi connectivity index (χ2n) is 5.52. The van der Waals surface area contributed by atoms with E-state index in [1.165, 1.54) is 0 Å². The van der Waals surface area contributed by atoms with E-state index >= 15 is 0 Å². The second-order valence-corrected chi connectivity index (χ2v) is 5.52. The van der Waals surface area contributed by atoms with Crippen LogP contribution in [0.5, 0.6) is 0 Å². The molecule has 1 heterocycles. The van der Waals surface area contributed by atoms with E-state index < -0.39 is 0 Å². The van der Waals surface area contributed by atoms with Gasteiger partial charge in [-0.05, 0) is 31.3 Å². The molecule has 0 spiro atoms. The summed E-state index contributed by atoms with van der Waals surface area (Å²) in [6, 6.07) is 0.373. The van der Waals surface area contributed by atoms with Crippen LogP contribution >= 0.6 is 0 Å². The zero-order valence-corrected chi connectivity index (χ0v) is 9.66. The van der Waals surface area contributed by atoms with Crippen molar-refractivity contribution in [2.24, 2.45) is 11.1 Å². The molecule has 3 nitrogen and oxygen atoms in total.